The van der Waals surface area contributed by atoms with Crippen molar-refractivity contribution in [1.82, 2.24) is 0 Å². The average molecular weight is 490 g/mol. The summed E-state index contributed by atoms with van der Waals surface area (Å²) >= 11 is 0. The molecule has 1 aromatic heterocycles. The van der Waals surface area contributed by atoms with Crippen molar-refractivity contribution in [2.24, 2.45) is 0 Å². The van der Waals surface area contributed by atoms with Crippen molar-refractivity contribution in [3.8, 4) is 45.8 Å². The maximum Gasteiger partial charge on any atom is 0.312 e. The molecular weight excluding hydrogens is 468 g/mol. The van der Waals surface area contributed by atoms with E-state index in [2.05, 4.69) is 0 Å². The van der Waals surface area contributed by atoms with Gasteiger partial charge in [-0.15, -0.1) is 0 Å². The molecule has 2 heterocycles. The molecule has 1 atom stereocenters. The zero-order valence-electron chi connectivity index (χ0n) is 19.7. The van der Waals surface area contributed by atoms with E-state index in [9.17, 15) is 19.8 Å². The molecule has 0 bridgehead atoms. The van der Waals surface area contributed by atoms with Gasteiger partial charge in [0.1, 0.15) is 22.5 Å². The number of carbonyl (C=O) groups is 1. The number of methoxy groups -OCH3 is 3. The van der Waals surface area contributed by atoms with Crippen LogP contribution in [0.1, 0.15) is 23.5 Å². The van der Waals surface area contributed by atoms with Crippen LogP contribution in [0.25, 0.3) is 22.3 Å². The minimum atomic E-state index is -0.779. The van der Waals surface area contributed by atoms with E-state index in [4.69, 9.17) is 23.4 Å². The molecular formula is C27H22O9. The van der Waals surface area contributed by atoms with Crippen LogP contribution in [0.15, 0.2) is 57.7 Å². The maximum absolute atomic E-state index is 13.1. The first-order chi connectivity index (χ1) is 17.4. The van der Waals surface area contributed by atoms with E-state index in [0.717, 1.165) is 0 Å². The van der Waals surface area contributed by atoms with Gasteiger partial charge in [-0.25, -0.2) is 0 Å². The second kappa shape index (κ2) is 8.84. The van der Waals surface area contributed by atoms with Gasteiger partial charge in [-0.3, -0.25) is 9.59 Å². The van der Waals surface area contributed by atoms with E-state index < -0.39 is 28.8 Å². The van der Waals surface area contributed by atoms with Crippen LogP contribution < -0.4 is 24.4 Å². The molecule has 2 N–H and O–H groups in total. The molecule has 0 saturated heterocycles. The summed E-state index contributed by atoms with van der Waals surface area (Å²) in [4.78, 5) is 25.8. The first-order valence-corrected chi connectivity index (χ1v) is 11.0. The average Bonchev–Trinajstić information content (AvgIpc) is 2.90. The normalized spacial score (nSPS) is 14.8. The number of ether oxygens (including phenoxy) is 4. The smallest absolute Gasteiger partial charge is 0.312 e. The molecule has 0 radical (unpaired) electrons. The Morgan fingerprint density at radius 1 is 0.861 bits per heavy atom. The third-order valence-electron chi connectivity index (χ3n) is 6.22. The number of benzene rings is 3. The molecule has 1 unspecified atom stereocenters. The lowest BCUT2D eigenvalue weighted by Gasteiger charge is -2.28. The zero-order chi connectivity index (χ0) is 25.6. The van der Waals surface area contributed by atoms with E-state index >= 15 is 0 Å². The predicted molar refractivity (Wildman–Crippen MR) is 129 cm³/mol. The molecule has 36 heavy (non-hydrogen) atoms. The number of hydrogen-bond donors (Lipinski definition) is 2. The Balaban J connectivity index is 1.87. The van der Waals surface area contributed by atoms with Crippen LogP contribution in [0.4, 0.5) is 0 Å². The van der Waals surface area contributed by atoms with Crippen LogP contribution in [0.3, 0.4) is 0 Å². The SMILES string of the molecule is COc1cc(OC)c(C2CC(=O)Oc3c(O)c(O)c4c(=O)cc(-c5ccccc5)oc4c32)cc1OC. The van der Waals surface area contributed by atoms with Crippen LogP contribution in [0, 0.1) is 0 Å². The van der Waals surface area contributed by atoms with Crippen molar-refractivity contribution >= 4 is 16.9 Å². The fourth-order valence-electron chi connectivity index (χ4n) is 4.54. The first kappa shape index (κ1) is 23.1. The summed E-state index contributed by atoms with van der Waals surface area (Å²) < 4.78 is 27.9. The number of phenolic OH excluding ortho intramolecular Hbond substituents is 2. The molecule has 0 aliphatic carbocycles. The highest BCUT2D eigenvalue weighted by Gasteiger charge is 2.38. The summed E-state index contributed by atoms with van der Waals surface area (Å²) in [6.45, 7) is 0. The number of fused-ring (bicyclic) bond motifs is 3. The molecule has 0 amide bonds. The van der Waals surface area contributed by atoms with Crippen molar-refractivity contribution in [3.63, 3.8) is 0 Å². The Morgan fingerprint density at radius 2 is 1.53 bits per heavy atom. The van der Waals surface area contributed by atoms with Crippen LogP contribution in [-0.4, -0.2) is 37.5 Å². The van der Waals surface area contributed by atoms with Gasteiger partial charge in [-0.2, -0.15) is 0 Å². The zero-order valence-corrected chi connectivity index (χ0v) is 19.7. The highest BCUT2D eigenvalue weighted by molar-refractivity contribution is 5.96. The summed E-state index contributed by atoms with van der Waals surface area (Å²) in [5.74, 6) is -1.76. The van der Waals surface area contributed by atoms with Gasteiger partial charge in [0.25, 0.3) is 0 Å². The van der Waals surface area contributed by atoms with Gasteiger partial charge in [-0.05, 0) is 6.07 Å². The Kier molecular flexibility index (Phi) is 5.68. The maximum atomic E-state index is 13.1. The Morgan fingerprint density at radius 3 is 2.19 bits per heavy atom. The predicted octanol–water partition coefficient (Wildman–Crippen LogP) is 4.34. The van der Waals surface area contributed by atoms with E-state index in [0.29, 0.717) is 28.4 Å². The van der Waals surface area contributed by atoms with Crippen molar-refractivity contribution in [3.05, 3.63) is 69.9 Å². The topological polar surface area (TPSA) is 125 Å². The molecule has 1 aliphatic heterocycles. The molecule has 9 heteroatoms. The number of rotatable bonds is 5. The third kappa shape index (κ3) is 3.56. The van der Waals surface area contributed by atoms with Crippen molar-refractivity contribution in [1.29, 1.82) is 0 Å². The Labute approximate surface area is 205 Å². The number of hydrogen-bond acceptors (Lipinski definition) is 9. The molecule has 4 aromatic rings. The molecule has 9 nitrogen and oxygen atoms in total. The van der Waals surface area contributed by atoms with E-state index in [-0.39, 0.29) is 34.5 Å². The van der Waals surface area contributed by atoms with Gasteiger partial charge in [0, 0.05) is 29.2 Å². The third-order valence-corrected chi connectivity index (χ3v) is 6.22. The van der Waals surface area contributed by atoms with Gasteiger partial charge >= 0.3 is 5.97 Å². The lowest BCUT2D eigenvalue weighted by Crippen LogP contribution is -2.22. The lowest BCUT2D eigenvalue weighted by molar-refractivity contribution is -0.135. The van der Waals surface area contributed by atoms with Gasteiger partial charge in [-0.1, -0.05) is 30.3 Å². The summed E-state index contributed by atoms with van der Waals surface area (Å²) in [6.07, 6.45) is -0.155. The summed E-state index contributed by atoms with van der Waals surface area (Å²) in [7, 11) is 4.42. The van der Waals surface area contributed by atoms with Gasteiger partial charge in [0.2, 0.25) is 5.75 Å². The molecule has 0 saturated carbocycles. The van der Waals surface area contributed by atoms with Crippen molar-refractivity contribution in [2.45, 2.75) is 12.3 Å². The van der Waals surface area contributed by atoms with E-state index in [1.165, 1.54) is 27.4 Å². The summed E-state index contributed by atoms with van der Waals surface area (Å²) in [5, 5.41) is 21.2. The number of aromatic hydroxyl groups is 2. The molecule has 5 rings (SSSR count). The van der Waals surface area contributed by atoms with E-state index in [1.54, 1.807) is 36.4 Å². The monoisotopic (exact) mass is 490 g/mol. The second-order valence-electron chi connectivity index (χ2n) is 8.16. The summed E-state index contributed by atoms with van der Waals surface area (Å²) in [5.41, 5.74) is 0.778. The molecule has 1 aliphatic rings. The first-order valence-electron chi connectivity index (χ1n) is 11.0. The van der Waals surface area contributed by atoms with Gasteiger partial charge in [0.05, 0.1) is 33.3 Å². The largest absolute Gasteiger partial charge is 0.504 e. The minimum absolute atomic E-state index is 0.0130. The highest BCUT2D eigenvalue weighted by atomic mass is 16.5. The fraction of sp³-hybridized carbons (Fsp3) is 0.185. The van der Waals surface area contributed by atoms with Crippen molar-refractivity contribution in [2.75, 3.05) is 21.3 Å². The van der Waals surface area contributed by atoms with Crippen LogP contribution in [0.5, 0.6) is 34.5 Å². The molecule has 184 valence electrons. The second-order valence-corrected chi connectivity index (χ2v) is 8.16. The Hall–Kier alpha value is -4.66. The van der Waals surface area contributed by atoms with Crippen LogP contribution >= 0.6 is 0 Å². The van der Waals surface area contributed by atoms with Gasteiger partial charge in [0.15, 0.2) is 28.4 Å². The lowest BCUT2D eigenvalue weighted by atomic mass is 9.84. The van der Waals surface area contributed by atoms with Crippen LogP contribution in [0.2, 0.25) is 0 Å². The highest BCUT2D eigenvalue weighted by Crippen LogP contribution is 2.54. The Bertz CT molecular complexity index is 1550. The fourth-order valence-corrected chi connectivity index (χ4v) is 4.54. The quantitative estimate of drug-likeness (QED) is 0.239. The van der Waals surface area contributed by atoms with Crippen molar-refractivity contribution < 1.29 is 38.4 Å². The standard InChI is InChI=1S/C27H22O9/c1-32-18-12-20(34-3)19(33-2)9-14(18)15-10-21(29)36-27-22(15)26-23(24(30)25(27)31)16(28)11-17(35-26)13-7-5-4-6-8-13/h4-9,11-12,15,30-31H,10H2,1-3H3. The summed E-state index contributed by atoms with van der Waals surface area (Å²) in [6, 6.07) is 13.5. The van der Waals surface area contributed by atoms with E-state index in [1.807, 2.05) is 6.07 Å². The minimum Gasteiger partial charge on any atom is -0.504 e. The number of phenols is 2. The molecule has 0 spiro atoms. The molecule has 0 fully saturated rings. The van der Waals surface area contributed by atoms with Gasteiger partial charge < -0.3 is 33.6 Å². The molecule has 3 aromatic carbocycles. The van der Waals surface area contributed by atoms with Crippen LogP contribution in [-0.2, 0) is 4.79 Å². The number of carbonyl (C=O) groups excluding carboxylic acids is 1. The number of esters is 1.